The van der Waals surface area contributed by atoms with E-state index >= 15 is 0 Å². The van der Waals surface area contributed by atoms with Crippen LogP contribution in [0.4, 0.5) is 0 Å². The molecule has 0 atom stereocenters. The summed E-state index contributed by atoms with van der Waals surface area (Å²) in [7, 11) is 0. The Labute approximate surface area is 223 Å². The Hall–Kier alpha value is -3.51. The molecule has 2 N–H and O–H groups in total. The van der Waals surface area contributed by atoms with E-state index in [2.05, 4.69) is 5.32 Å². The average molecular weight is 524 g/mol. The van der Waals surface area contributed by atoms with Gasteiger partial charge >= 0.3 is 5.97 Å². The average Bonchev–Trinajstić information content (AvgIpc) is 2.90. The van der Waals surface area contributed by atoms with Crippen LogP contribution in [0.3, 0.4) is 0 Å². The lowest BCUT2D eigenvalue weighted by atomic mass is 10.0. The molecule has 0 radical (unpaired) electrons. The number of nitrogens with one attached hydrogen (secondary N) is 1. The number of aryl methyl sites for hydroxylation is 1. The second-order valence-electron chi connectivity index (χ2n) is 8.85. The van der Waals surface area contributed by atoms with Gasteiger partial charge in [-0.1, -0.05) is 55.1 Å². The van der Waals surface area contributed by atoms with Crippen LogP contribution >= 0.6 is 11.6 Å². The topological polar surface area (TPSA) is 84.9 Å². The fourth-order valence-electron chi connectivity index (χ4n) is 3.74. The zero-order valence-corrected chi connectivity index (χ0v) is 21.7. The maximum atomic E-state index is 12.0. The quantitative estimate of drug-likeness (QED) is 0.204. The van der Waals surface area contributed by atoms with E-state index in [1.165, 1.54) is 5.56 Å². The van der Waals surface area contributed by atoms with Crippen LogP contribution in [0.25, 0.3) is 0 Å². The van der Waals surface area contributed by atoms with Gasteiger partial charge in [0.05, 0.1) is 13.0 Å². The van der Waals surface area contributed by atoms with Gasteiger partial charge in [-0.2, -0.15) is 0 Å². The summed E-state index contributed by atoms with van der Waals surface area (Å²) >= 11 is 5.91. The van der Waals surface area contributed by atoms with Crippen molar-refractivity contribution in [3.05, 3.63) is 94.5 Å². The van der Waals surface area contributed by atoms with Gasteiger partial charge in [0.2, 0.25) is 0 Å². The molecule has 0 unspecified atom stereocenters. The monoisotopic (exact) mass is 523 g/mol. The van der Waals surface area contributed by atoms with Crippen molar-refractivity contribution >= 4 is 23.5 Å². The molecule has 0 saturated carbocycles. The Kier molecular flexibility index (Phi) is 11.8. The summed E-state index contributed by atoms with van der Waals surface area (Å²) in [5, 5.41) is 12.0. The Morgan fingerprint density at radius 2 is 1.32 bits per heavy atom. The third-order valence-corrected chi connectivity index (χ3v) is 6.11. The molecular formula is C30H34ClNO5. The molecule has 1 amide bonds. The molecule has 3 rings (SSSR count). The van der Waals surface area contributed by atoms with Gasteiger partial charge in [0.1, 0.15) is 18.1 Å². The van der Waals surface area contributed by atoms with E-state index in [4.69, 9.17) is 26.2 Å². The smallest absolute Gasteiger partial charge is 0.305 e. The molecule has 0 spiro atoms. The molecule has 0 aliphatic rings. The van der Waals surface area contributed by atoms with Gasteiger partial charge in [-0.15, -0.1) is 0 Å². The number of aliphatic carboxylic acids is 1. The molecule has 3 aromatic rings. The van der Waals surface area contributed by atoms with Gasteiger partial charge in [-0.25, -0.2) is 0 Å². The number of hydrogen-bond donors (Lipinski definition) is 2. The van der Waals surface area contributed by atoms with E-state index in [0.717, 1.165) is 55.6 Å². The Bertz CT molecular complexity index is 1100. The van der Waals surface area contributed by atoms with Crippen molar-refractivity contribution in [1.82, 2.24) is 5.32 Å². The van der Waals surface area contributed by atoms with Crippen molar-refractivity contribution in [3.63, 3.8) is 0 Å². The maximum Gasteiger partial charge on any atom is 0.305 e. The summed E-state index contributed by atoms with van der Waals surface area (Å²) in [6.07, 6.45) is 6.44. The highest BCUT2D eigenvalue weighted by atomic mass is 35.5. The second-order valence-corrected chi connectivity index (χ2v) is 9.29. The molecule has 3 aromatic carbocycles. The minimum atomic E-state index is -0.925. The molecule has 0 aliphatic carbocycles. The van der Waals surface area contributed by atoms with Crippen molar-refractivity contribution in [2.45, 2.75) is 51.6 Å². The molecule has 37 heavy (non-hydrogen) atoms. The molecule has 0 saturated heterocycles. The fourth-order valence-corrected chi connectivity index (χ4v) is 3.86. The highest BCUT2D eigenvalue weighted by molar-refractivity contribution is 6.30. The van der Waals surface area contributed by atoms with Gasteiger partial charge in [0, 0.05) is 17.1 Å². The van der Waals surface area contributed by atoms with Gasteiger partial charge in [-0.3, -0.25) is 9.59 Å². The predicted molar refractivity (Wildman–Crippen MR) is 146 cm³/mol. The summed E-state index contributed by atoms with van der Waals surface area (Å²) < 4.78 is 11.7. The normalized spacial score (nSPS) is 10.6. The highest BCUT2D eigenvalue weighted by Crippen LogP contribution is 2.20. The van der Waals surface area contributed by atoms with E-state index in [-0.39, 0.29) is 18.9 Å². The number of rotatable bonds is 16. The van der Waals surface area contributed by atoms with Crippen LogP contribution in [0.5, 0.6) is 11.5 Å². The van der Waals surface area contributed by atoms with Crippen LogP contribution in [0, 0.1) is 0 Å². The first kappa shape index (κ1) is 28.1. The summed E-state index contributed by atoms with van der Waals surface area (Å²) in [6.45, 7) is 1.32. The van der Waals surface area contributed by atoms with E-state index in [1.54, 1.807) is 12.1 Å². The van der Waals surface area contributed by atoms with Crippen molar-refractivity contribution < 1.29 is 24.2 Å². The van der Waals surface area contributed by atoms with Gasteiger partial charge in [0.25, 0.3) is 5.91 Å². The molecule has 0 fully saturated rings. The summed E-state index contributed by atoms with van der Waals surface area (Å²) in [6, 6.07) is 22.8. The fraction of sp³-hybridized carbons (Fsp3) is 0.333. The number of carbonyl (C=O) groups is 2. The number of hydrogen-bond acceptors (Lipinski definition) is 4. The molecule has 0 aliphatic heterocycles. The SMILES string of the molecule is O=C(O)CCNC(=O)c1ccc(CCCCCCCOc2ccc(OCc3ccc(Cl)cc3)cc2)cc1. The van der Waals surface area contributed by atoms with Crippen LogP contribution in [0.15, 0.2) is 72.8 Å². The predicted octanol–water partition coefficient (Wildman–Crippen LogP) is 6.70. The largest absolute Gasteiger partial charge is 0.494 e. The lowest BCUT2D eigenvalue weighted by Gasteiger charge is -2.09. The van der Waals surface area contributed by atoms with Gasteiger partial charge < -0.3 is 19.9 Å². The molecular weight excluding hydrogens is 490 g/mol. The van der Waals surface area contributed by atoms with E-state index in [1.807, 2.05) is 60.7 Å². The standard InChI is InChI=1S/C30H34ClNO5/c31-26-13-9-24(10-14-26)22-37-28-17-15-27(16-18-28)36-21-5-3-1-2-4-6-23-7-11-25(12-8-23)30(35)32-20-19-29(33)34/h7-18H,1-6,19-22H2,(H,32,35)(H,33,34). The lowest BCUT2D eigenvalue weighted by Crippen LogP contribution is -2.25. The first-order chi connectivity index (χ1) is 18.0. The number of carboxylic acids is 1. The first-order valence-electron chi connectivity index (χ1n) is 12.7. The molecule has 0 heterocycles. The Morgan fingerprint density at radius 1 is 0.730 bits per heavy atom. The van der Waals surface area contributed by atoms with E-state index in [9.17, 15) is 9.59 Å². The third kappa shape index (κ3) is 11.0. The number of carbonyl (C=O) groups excluding carboxylic acids is 1. The summed E-state index contributed by atoms with van der Waals surface area (Å²) in [4.78, 5) is 22.5. The van der Waals surface area contributed by atoms with Crippen molar-refractivity contribution in [2.75, 3.05) is 13.2 Å². The minimum Gasteiger partial charge on any atom is -0.494 e. The minimum absolute atomic E-state index is 0.0784. The Balaban J connectivity index is 1.21. The number of benzene rings is 3. The highest BCUT2D eigenvalue weighted by Gasteiger charge is 2.06. The van der Waals surface area contributed by atoms with E-state index in [0.29, 0.717) is 23.8 Å². The van der Waals surface area contributed by atoms with Crippen molar-refractivity contribution in [3.8, 4) is 11.5 Å². The van der Waals surface area contributed by atoms with Gasteiger partial charge in [0.15, 0.2) is 0 Å². The van der Waals surface area contributed by atoms with Crippen LogP contribution in [-0.4, -0.2) is 30.1 Å². The number of halogens is 1. The number of ether oxygens (including phenoxy) is 2. The number of carboxylic acid groups (broad SMARTS) is 1. The van der Waals surface area contributed by atoms with Crippen LogP contribution in [0.2, 0.25) is 5.02 Å². The third-order valence-electron chi connectivity index (χ3n) is 5.86. The number of amides is 1. The van der Waals surface area contributed by atoms with Crippen LogP contribution < -0.4 is 14.8 Å². The Morgan fingerprint density at radius 3 is 2.00 bits per heavy atom. The van der Waals surface area contributed by atoms with Crippen molar-refractivity contribution in [2.24, 2.45) is 0 Å². The number of unbranched alkanes of at least 4 members (excludes halogenated alkanes) is 4. The first-order valence-corrected chi connectivity index (χ1v) is 13.1. The zero-order chi connectivity index (χ0) is 26.3. The molecule has 6 nitrogen and oxygen atoms in total. The summed E-state index contributed by atoms with van der Waals surface area (Å²) in [5.74, 6) is 0.480. The zero-order valence-electron chi connectivity index (χ0n) is 21.0. The maximum absolute atomic E-state index is 12.0. The van der Waals surface area contributed by atoms with Crippen LogP contribution in [0.1, 0.15) is 60.0 Å². The van der Waals surface area contributed by atoms with E-state index < -0.39 is 5.97 Å². The second kappa shape index (κ2) is 15.6. The van der Waals surface area contributed by atoms with Crippen molar-refractivity contribution in [1.29, 1.82) is 0 Å². The molecule has 0 bridgehead atoms. The molecule has 7 heteroatoms. The molecule has 196 valence electrons. The lowest BCUT2D eigenvalue weighted by molar-refractivity contribution is -0.136. The van der Waals surface area contributed by atoms with Gasteiger partial charge in [-0.05, 0) is 78.9 Å². The molecule has 0 aromatic heterocycles. The van der Waals surface area contributed by atoms with Crippen LogP contribution in [-0.2, 0) is 17.8 Å². The summed E-state index contributed by atoms with van der Waals surface area (Å²) in [5.41, 5.74) is 2.82.